The minimum Gasteiger partial charge on any atom is -0.370 e. The molecule has 0 bridgehead atoms. The van der Waals surface area contributed by atoms with Crippen LogP contribution in [-0.4, -0.2) is 68.9 Å². The van der Waals surface area contributed by atoms with Crippen molar-refractivity contribution < 1.29 is 9.59 Å². The van der Waals surface area contributed by atoms with E-state index in [2.05, 4.69) is 37.3 Å². The van der Waals surface area contributed by atoms with E-state index in [4.69, 9.17) is 10.2 Å². The Kier molecular flexibility index (Phi) is 5.51. The summed E-state index contributed by atoms with van der Waals surface area (Å²) < 4.78 is 1.13. The maximum absolute atomic E-state index is 13.4. The molecule has 0 unspecified atom stereocenters. The fraction of sp³-hybridized carbons (Fsp3) is 0.407. The van der Waals surface area contributed by atoms with E-state index < -0.39 is 6.04 Å². The average molecular weight is 527 g/mol. The third-order valence-electron chi connectivity index (χ3n) is 7.74. The molecule has 0 spiro atoms. The van der Waals surface area contributed by atoms with Gasteiger partial charge in [0.1, 0.15) is 11.6 Å². The number of anilines is 1. The lowest BCUT2D eigenvalue weighted by molar-refractivity contribution is -0.138. The second kappa shape index (κ2) is 9.06. The monoisotopic (exact) mass is 526 g/mol. The number of carbonyl (C=O) groups is 2. The molecule has 2 N–H and O–H groups in total. The number of amides is 2. The van der Waals surface area contributed by atoms with Crippen molar-refractivity contribution in [2.75, 3.05) is 31.1 Å². The van der Waals surface area contributed by atoms with Gasteiger partial charge in [0.2, 0.25) is 5.91 Å². The summed E-state index contributed by atoms with van der Waals surface area (Å²) >= 11 is 1.64. The topological polar surface area (TPSA) is 131 Å². The van der Waals surface area contributed by atoms with Gasteiger partial charge in [-0.1, -0.05) is 0 Å². The maximum Gasteiger partial charge on any atom is 0.255 e. The lowest BCUT2D eigenvalue weighted by Gasteiger charge is -2.37. The zero-order chi connectivity index (χ0) is 25.8. The molecule has 2 amide bonds. The number of aromatic nitrogens is 4. The van der Waals surface area contributed by atoms with E-state index in [-0.39, 0.29) is 23.7 Å². The van der Waals surface area contributed by atoms with Gasteiger partial charge in [-0.2, -0.15) is 5.26 Å². The number of nitriles is 1. The van der Waals surface area contributed by atoms with Crippen molar-refractivity contribution in [3.8, 4) is 16.6 Å². The third-order valence-corrected chi connectivity index (χ3v) is 8.91. The Morgan fingerprint density at radius 1 is 1.21 bits per heavy atom. The predicted octanol–water partition coefficient (Wildman–Crippen LogP) is 3.33. The molecule has 10 nitrogen and oxygen atoms in total. The minimum absolute atomic E-state index is 0.106. The Bertz CT molecular complexity index is 1600. The van der Waals surface area contributed by atoms with Gasteiger partial charge >= 0.3 is 0 Å². The highest BCUT2D eigenvalue weighted by Crippen LogP contribution is 2.39. The molecule has 2 aliphatic heterocycles. The summed E-state index contributed by atoms with van der Waals surface area (Å²) in [6.45, 7) is 2.97. The number of pyridine rings is 1. The molecule has 192 valence electrons. The molecule has 3 fully saturated rings. The first-order valence-electron chi connectivity index (χ1n) is 13.1. The van der Waals surface area contributed by atoms with Gasteiger partial charge in [0.05, 0.1) is 50.2 Å². The first-order chi connectivity index (χ1) is 18.6. The zero-order valence-electron chi connectivity index (χ0n) is 20.7. The Morgan fingerprint density at radius 2 is 2.03 bits per heavy atom. The summed E-state index contributed by atoms with van der Waals surface area (Å²) in [7, 11) is 0. The average Bonchev–Trinajstić information content (AvgIpc) is 3.29. The highest BCUT2D eigenvalue weighted by Gasteiger charge is 2.43. The summed E-state index contributed by atoms with van der Waals surface area (Å²) in [6.07, 6.45) is 9.39. The highest BCUT2D eigenvalue weighted by atomic mass is 32.1. The van der Waals surface area contributed by atoms with Gasteiger partial charge in [-0.05, 0) is 43.7 Å². The van der Waals surface area contributed by atoms with Gasteiger partial charge in [0.15, 0.2) is 5.65 Å². The number of hydrogen-bond acceptors (Lipinski definition) is 8. The highest BCUT2D eigenvalue weighted by molar-refractivity contribution is 7.22. The summed E-state index contributed by atoms with van der Waals surface area (Å²) in [6, 6.07) is 5.72. The van der Waals surface area contributed by atoms with E-state index in [1.165, 1.54) is 18.5 Å². The number of carbonyl (C=O) groups excluding carboxylic acids is 2. The van der Waals surface area contributed by atoms with Gasteiger partial charge in [-0.15, -0.1) is 11.3 Å². The molecule has 11 heteroatoms. The molecular formula is C27H26N8O2S. The number of H-pyrrole nitrogens is 1. The van der Waals surface area contributed by atoms with E-state index >= 15 is 0 Å². The summed E-state index contributed by atoms with van der Waals surface area (Å²) in [5.41, 5.74) is 4.17. The van der Waals surface area contributed by atoms with Crippen molar-refractivity contribution in [2.45, 2.75) is 31.7 Å². The molecule has 3 aliphatic rings. The second-order valence-corrected chi connectivity index (χ2v) is 11.4. The van der Waals surface area contributed by atoms with Crippen molar-refractivity contribution in [3.63, 3.8) is 0 Å². The Labute approximate surface area is 222 Å². The molecule has 4 aromatic heterocycles. The number of likely N-dealkylation sites (tertiary alicyclic amines) is 1. The molecule has 7 rings (SSSR count). The van der Waals surface area contributed by atoms with Crippen molar-refractivity contribution in [1.82, 2.24) is 30.2 Å². The smallest absolute Gasteiger partial charge is 0.255 e. The van der Waals surface area contributed by atoms with Crippen molar-refractivity contribution >= 4 is 50.2 Å². The fourth-order valence-corrected chi connectivity index (χ4v) is 6.52. The SMILES string of the molecule is N#CC1CN(C(=O)[C@H](NC(=O)c2c[nH]c3ncc(-c4cc5nccc(N6CCCC6)c5s4)nc23)C2CC2)C1. The summed E-state index contributed by atoms with van der Waals surface area (Å²) in [5, 5.41) is 12.0. The number of hydrogen-bond donors (Lipinski definition) is 2. The first kappa shape index (κ1) is 23.1. The second-order valence-electron chi connectivity index (χ2n) is 10.4. The van der Waals surface area contributed by atoms with Crippen LogP contribution < -0.4 is 10.2 Å². The van der Waals surface area contributed by atoms with Crippen LogP contribution in [-0.2, 0) is 4.79 Å². The van der Waals surface area contributed by atoms with Crippen LogP contribution in [0.3, 0.4) is 0 Å². The van der Waals surface area contributed by atoms with Gasteiger partial charge in [-0.3, -0.25) is 14.6 Å². The van der Waals surface area contributed by atoms with Crippen molar-refractivity contribution in [1.29, 1.82) is 5.26 Å². The number of rotatable bonds is 6. The minimum atomic E-state index is -0.582. The van der Waals surface area contributed by atoms with Crippen molar-refractivity contribution in [3.05, 3.63) is 36.3 Å². The molecule has 1 saturated carbocycles. The number of aromatic amines is 1. The van der Waals surface area contributed by atoms with Crippen LogP contribution in [0, 0.1) is 23.2 Å². The Balaban J connectivity index is 1.17. The lowest BCUT2D eigenvalue weighted by Crippen LogP contribution is -2.57. The van der Waals surface area contributed by atoms with E-state index in [9.17, 15) is 9.59 Å². The molecule has 0 radical (unpaired) electrons. The Morgan fingerprint density at radius 3 is 2.79 bits per heavy atom. The van der Waals surface area contributed by atoms with Crippen LogP contribution in [0.1, 0.15) is 36.0 Å². The van der Waals surface area contributed by atoms with Crippen LogP contribution >= 0.6 is 11.3 Å². The Hall–Kier alpha value is -4.04. The summed E-state index contributed by atoms with van der Waals surface area (Å²) in [5.74, 6) is -0.437. The molecular weight excluding hydrogens is 500 g/mol. The lowest BCUT2D eigenvalue weighted by atomic mass is 9.99. The standard InChI is InChI=1S/C27H26N8O2S/c28-10-15-13-35(14-15)27(37)22(16-3-4-16)33-26(36)17-11-30-25-23(17)32-19(12-31-25)21-9-18-24(38-21)20(5-6-29-18)34-7-1-2-8-34/h5-6,9,11-12,15-16,22H,1-4,7-8,13-14H2,(H,30,31)(H,33,36)/t22-/m1/s1. The maximum atomic E-state index is 13.4. The first-order valence-corrected chi connectivity index (χ1v) is 13.9. The van der Waals surface area contributed by atoms with Gasteiger partial charge in [0, 0.05) is 38.6 Å². The molecule has 1 aliphatic carbocycles. The summed E-state index contributed by atoms with van der Waals surface area (Å²) in [4.78, 5) is 48.4. The van der Waals surface area contributed by atoms with Gasteiger partial charge in [0.25, 0.3) is 5.91 Å². The van der Waals surface area contributed by atoms with Crippen LogP contribution in [0.5, 0.6) is 0 Å². The number of nitrogens with one attached hydrogen (secondary N) is 2. The molecule has 4 aromatic rings. The molecule has 2 saturated heterocycles. The quantitative estimate of drug-likeness (QED) is 0.394. The number of fused-ring (bicyclic) bond motifs is 2. The van der Waals surface area contributed by atoms with E-state index in [1.54, 1.807) is 28.6 Å². The molecule has 38 heavy (non-hydrogen) atoms. The molecule has 1 atom stereocenters. The molecule has 6 heterocycles. The van der Waals surface area contributed by atoms with Crippen LogP contribution in [0.2, 0.25) is 0 Å². The van der Waals surface area contributed by atoms with Crippen molar-refractivity contribution in [2.24, 2.45) is 11.8 Å². The zero-order valence-corrected chi connectivity index (χ0v) is 21.5. The van der Waals surface area contributed by atoms with E-state index in [0.717, 1.165) is 41.0 Å². The van der Waals surface area contributed by atoms with E-state index in [0.29, 0.717) is 35.5 Å². The van der Waals surface area contributed by atoms with Crippen LogP contribution in [0.25, 0.3) is 32.0 Å². The van der Waals surface area contributed by atoms with Crippen LogP contribution in [0.4, 0.5) is 5.69 Å². The molecule has 0 aromatic carbocycles. The largest absolute Gasteiger partial charge is 0.370 e. The van der Waals surface area contributed by atoms with Gasteiger partial charge in [-0.25, -0.2) is 9.97 Å². The van der Waals surface area contributed by atoms with E-state index in [1.807, 2.05) is 12.3 Å². The predicted molar refractivity (Wildman–Crippen MR) is 144 cm³/mol. The number of nitrogens with zero attached hydrogens (tertiary/aromatic N) is 6. The van der Waals surface area contributed by atoms with Gasteiger partial charge < -0.3 is 20.1 Å². The third kappa shape index (κ3) is 3.96. The fourth-order valence-electron chi connectivity index (χ4n) is 5.41. The number of thiophene rings is 1. The normalized spacial score (nSPS) is 18.5. The van der Waals surface area contributed by atoms with Crippen LogP contribution in [0.15, 0.2) is 30.7 Å².